The molecule has 0 spiro atoms. The number of ether oxygens (including phenoxy) is 1. The van der Waals surface area contributed by atoms with Gasteiger partial charge in [-0.15, -0.1) is 0 Å². The molecule has 1 N–H and O–H groups in total. The van der Waals surface area contributed by atoms with Crippen molar-refractivity contribution in [2.75, 3.05) is 13.2 Å². The number of rotatable bonds is 3. The van der Waals surface area contributed by atoms with Crippen molar-refractivity contribution < 1.29 is 23.8 Å². The first-order valence-electron chi connectivity index (χ1n) is 4.97. The number of aliphatic hydroxyl groups is 1. The predicted molar refractivity (Wildman–Crippen MR) is 53.1 cm³/mol. The van der Waals surface area contributed by atoms with E-state index in [4.69, 9.17) is 0 Å². The predicted octanol–water partition coefficient (Wildman–Crippen LogP) is 0.836. The van der Waals surface area contributed by atoms with Gasteiger partial charge in [-0.1, -0.05) is 13.8 Å². The van der Waals surface area contributed by atoms with E-state index in [-0.39, 0.29) is 19.1 Å². The molecule has 1 rings (SSSR count). The summed E-state index contributed by atoms with van der Waals surface area (Å²) in [5, 5.41) is 9.32. The second kappa shape index (κ2) is 5.07. The number of halogens is 1. The molecular weight excluding hydrogens is 217 g/mol. The number of carbonyl (C=O) groups excluding carboxylic acids is 2. The van der Waals surface area contributed by atoms with E-state index in [9.17, 15) is 19.1 Å². The molecule has 16 heavy (non-hydrogen) atoms. The third-order valence-corrected chi connectivity index (χ3v) is 2.20. The van der Waals surface area contributed by atoms with Gasteiger partial charge in [-0.25, -0.2) is 14.1 Å². The number of imide groups is 1. The number of cyclic esters (lactones) is 1. The number of amides is 2. The Morgan fingerprint density at radius 3 is 2.69 bits per heavy atom. The smallest absolute Gasteiger partial charge is 0.416 e. The minimum absolute atomic E-state index is 0.110. The van der Waals surface area contributed by atoms with Gasteiger partial charge in [-0.05, 0) is 5.92 Å². The lowest BCUT2D eigenvalue weighted by Gasteiger charge is -2.13. The van der Waals surface area contributed by atoms with Crippen LogP contribution in [0.4, 0.5) is 9.18 Å². The molecule has 0 aromatic carbocycles. The second-order valence-electron chi connectivity index (χ2n) is 3.82. The Morgan fingerprint density at radius 2 is 2.25 bits per heavy atom. The van der Waals surface area contributed by atoms with Crippen molar-refractivity contribution in [3.63, 3.8) is 0 Å². The van der Waals surface area contributed by atoms with Crippen LogP contribution in [0, 0.1) is 5.92 Å². The van der Waals surface area contributed by atoms with Gasteiger partial charge in [-0.2, -0.15) is 0 Å². The van der Waals surface area contributed by atoms with E-state index in [2.05, 4.69) is 4.74 Å². The molecule has 0 radical (unpaired) electrons. The van der Waals surface area contributed by atoms with E-state index >= 15 is 0 Å². The molecule has 5 nitrogen and oxygen atoms in total. The Kier molecular flexibility index (Phi) is 4.00. The van der Waals surface area contributed by atoms with Crippen LogP contribution in [0.15, 0.2) is 11.9 Å². The maximum atomic E-state index is 13.3. The maximum Gasteiger partial charge on any atom is 0.416 e. The van der Waals surface area contributed by atoms with Crippen molar-refractivity contribution in [1.82, 2.24) is 4.90 Å². The van der Waals surface area contributed by atoms with Gasteiger partial charge in [0, 0.05) is 6.08 Å². The first-order valence-corrected chi connectivity index (χ1v) is 4.97. The van der Waals surface area contributed by atoms with Gasteiger partial charge in [0.05, 0.1) is 6.54 Å². The molecule has 90 valence electrons. The topological polar surface area (TPSA) is 66.8 Å². The van der Waals surface area contributed by atoms with Crippen LogP contribution in [-0.2, 0) is 9.53 Å². The van der Waals surface area contributed by atoms with Crippen molar-refractivity contribution in [3.05, 3.63) is 11.9 Å². The summed E-state index contributed by atoms with van der Waals surface area (Å²) in [5.74, 6) is -2.09. The van der Waals surface area contributed by atoms with Crippen LogP contribution in [0.5, 0.6) is 0 Å². The molecule has 1 saturated heterocycles. The van der Waals surface area contributed by atoms with E-state index < -0.39 is 23.9 Å². The Bertz CT molecular complexity index is 327. The van der Waals surface area contributed by atoms with Crippen molar-refractivity contribution >= 4 is 12.0 Å². The van der Waals surface area contributed by atoms with Crippen molar-refractivity contribution in [3.8, 4) is 0 Å². The molecule has 2 amide bonds. The lowest BCUT2D eigenvalue weighted by molar-refractivity contribution is -0.123. The van der Waals surface area contributed by atoms with E-state index in [1.165, 1.54) is 0 Å². The molecular formula is C10H14FNO4. The summed E-state index contributed by atoms with van der Waals surface area (Å²) in [6.07, 6.45) is -1.49. The van der Waals surface area contributed by atoms with Crippen molar-refractivity contribution in [1.29, 1.82) is 0 Å². The average Bonchev–Trinajstić information content (AvgIpc) is 2.62. The van der Waals surface area contributed by atoms with Gasteiger partial charge in [0.15, 0.2) is 0 Å². The maximum absolute atomic E-state index is 13.3. The minimum Gasteiger partial charge on any atom is -0.447 e. The molecule has 1 aliphatic heterocycles. The minimum atomic E-state index is -1.33. The lowest BCUT2D eigenvalue weighted by Crippen LogP contribution is -2.31. The van der Waals surface area contributed by atoms with Crippen molar-refractivity contribution in [2.24, 2.45) is 5.92 Å². The second-order valence-corrected chi connectivity index (χ2v) is 3.82. The normalized spacial score (nSPS) is 18.9. The summed E-state index contributed by atoms with van der Waals surface area (Å²) >= 11 is 0. The molecule has 1 heterocycles. The highest BCUT2D eigenvalue weighted by atomic mass is 19.1. The lowest BCUT2D eigenvalue weighted by atomic mass is 10.1. The summed E-state index contributed by atoms with van der Waals surface area (Å²) in [6.45, 7) is 3.46. The number of aliphatic hydroxyl groups excluding tert-OH is 1. The molecule has 1 unspecified atom stereocenters. The third kappa shape index (κ3) is 2.79. The van der Waals surface area contributed by atoms with Crippen LogP contribution in [0.1, 0.15) is 13.8 Å². The highest BCUT2D eigenvalue weighted by Gasteiger charge is 2.28. The number of nitrogens with zero attached hydrogens (tertiary/aromatic N) is 1. The first kappa shape index (κ1) is 12.6. The van der Waals surface area contributed by atoms with Gasteiger partial charge in [-0.3, -0.25) is 4.79 Å². The number of carbonyl (C=O) groups is 2. The molecule has 0 aromatic heterocycles. The summed E-state index contributed by atoms with van der Waals surface area (Å²) in [7, 11) is 0. The average molecular weight is 231 g/mol. The van der Waals surface area contributed by atoms with E-state index in [0.29, 0.717) is 6.08 Å². The SMILES string of the molecule is CC(C)C(O)/C(F)=C/C(=O)N1CCOC1=O. The zero-order valence-corrected chi connectivity index (χ0v) is 9.14. The van der Waals surface area contributed by atoms with Crippen LogP contribution < -0.4 is 0 Å². The molecule has 0 aliphatic carbocycles. The number of hydrogen-bond donors (Lipinski definition) is 1. The molecule has 6 heteroatoms. The van der Waals surface area contributed by atoms with Crippen LogP contribution in [-0.4, -0.2) is 41.3 Å². The highest BCUT2D eigenvalue weighted by Crippen LogP contribution is 2.14. The standard InChI is InChI=1S/C10H14FNO4/c1-6(2)9(14)7(11)5-8(13)12-3-4-16-10(12)15/h5-6,9,14H,3-4H2,1-2H3/b7-5-. The Morgan fingerprint density at radius 1 is 1.62 bits per heavy atom. The fraction of sp³-hybridized carbons (Fsp3) is 0.600. The molecule has 0 saturated carbocycles. The van der Waals surface area contributed by atoms with Gasteiger partial charge in [0.2, 0.25) is 0 Å². The van der Waals surface area contributed by atoms with E-state index in [1.54, 1.807) is 13.8 Å². The summed E-state index contributed by atoms with van der Waals surface area (Å²) < 4.78 is 17.8. The monoisotopic (exact) mass is 231 g/mol. The van der Waals surface area contributed by atoms with Gasteiger partial charge >= 0.3 is 6.09 Å². The van der Waals surface area contributed by atoms with Gasteiger partial charge in [0.25, 0.3) is 5.91 Å². The van der Waals surface area contributed by atoms with Crippen LogP contribution in [0.2, 0.25) is 0 Å². The quantitative estimate of drug-likeness (QED) is 0.731. The van der Waals surface area contributed by atoms with E-state index in [0.717, 1.165) is 4.90 Å². The third-order valence-electron chi connectivity index (χ3n) is 2.20. The van der Waals surface area contributed by atoms with Gasteiger partial charge in [0.1, 0.15) is 18.5 Å². The fourth-order valence-corrected chi connectivity index (χ4v) is 1.19. The Hall–Kier alpha value is -1.43. The number of hydrogen-bond acceptors (Lipinski definition) is 4. The summed E-state index contributed by atoms with van der Waals surface area (Å²) in [6, 6.07) is 0. The first-order chi connectivity index (χ1) is 7.43. The molecule has 1 aliphatic rings. The van der Waals surface area contributed by atoms with Crippen LogP contribution >= 0.6 is 0 Å². The Labute approximate surface area is 92.5 Å². The summed E-state index contributed by atoms with van der Waals surface area (Å²) in [5.41, 5.74) is 0. The Balaban J connectivity index is 2.68. The zero-order valence-electron chi connectivity index (χ0n) is 9.14. The molecule has 1 atom stereocenters. The summed E-state index contributed by atoms with van der Waals surface area (Å²) in [4.78, 5) is 23.1. The molecule has 1 fully saturated rings. The van der Waals surface area contributed by atoms with Crippen LogP contribution in [0.25, 0.3) is 0 Å². The van der Waals surface area contributed by atoms with Crippen LogP contribution in [0.3, 0.4) is 0 Å². The largest absolute Gasteiger partial charge is 0.447 e. The molecule has 0 bridgehead atoms. The zero-order chi connectivity index (χ0) is 12.3. The fourth-order valence-electron chi connectivity index (χ4n) is 1.19. The molecule has 0 aromatic rings. The van der Waals surface area contributed by atoms with Gasteiger partial charge < -0.3 is 9.84 Å². The highest BCUT2D eigenvalue weighted by molar-refractivity contribution is 5.99. The van der Waals surface area contributed by atoms with Crippen molar-refractivity contribution in [2.45, 2.75) is 20.0 Å². The van der Waals surface area contributed by atoms with E-state index in [1.807, 2.05) is 0 Å².